The number of hydrogen-bond donors (Lipinski definition) is 1. The smallest absolute Gasteiger partial charge is 0.258 e. The first-order chi connectivity index (χ1) is 9.15. The third-order valence-corrected chi connectivity index (χ3v) is 3.08. The lowest BCUT2D eigenvalue weighted by molar-refractivity contribution is -0.123. The number of ether oxygens (including phenoxy) is 1. The van der Waals surface area contributed by atoms with E-state index in [1.807, 2.05) is 0 Å². The maximum Gasteiger partial charge on any atom is 0.258 e. The maximum absolute atomic E-state index is 11.6. The summed E-state index contributed by atoms with van der Waals surface area (Å²) in [6.45, 7) is 0.241. The molecule has 0 aliphatic carbocycles. The largest absolute Gasteiger partial charge is 0.482 e. The third kappa shape index (κ3) is 4.29. The van der Waals surface area contributed by atoms with Gasteiger partial charge in [-0.1, -0.05) is 27.5 Å². The van der Waals surface area contributed by atoms with Crippen LogP contribution in [0.1, 0.15) is 5.76 Å². The fraction of sp³-hybridized carbons (Fsp3) is 0.154. The van der Waals surface area contributed by atoms with E-state index in [4.69, 9.17) is 20.8 Å². The summed E-state index contributed by atoms with van der Waals surface area (Å²) >= 11 is 9.26. The van der Waals surface area contributed by atoms with Gasteiger partial charge in [0.15, 0.2) is 6.61 Å². The van der Waals surface area contributed by atoms with Crippen LogP contribution < -0.4 is 10.1 Å². The second kappa shape index (κ2) is 6.63. The summed E-state index contributed by atoms with van der Waals surface area (Å²) in [5, 5.41) is 3.13. The molecule has 1 aromatic heterocycles. The molecule has 1 aromatic carbocycles. The molecule has 2 rings (SSSR count). The van der Waals surface area contributed by atoms with E-state index in [1.165, 1.54) is 0 Å². The van der Waals surface area contributed by atoms with Gasteiger partial charge in [0.05, 0.1) is 17.8 Å². The number of amides is 1. The molecule has 2 aromatic rings. The zero-order valence-corrected chi connectivity index (χ0v) is 12.2. The van der Waals surface area contributed by atoms with Gasteiger partial charge in [-0.05, 0) is 30.3 Å². The minimum Gasteiger partial charge on any atom is -0.482 e. The molecular weight excluding hydrogens is 334 g/mol. The van der Waals surface area contributed by atoms with Crippen LogP contribution in [0.2, 0.25) is 5.02 Å². The second-order valence-corrected chi connectivity index (χ2v) is 5.04. The Bertz CT molecular complexity index is 557. The van der Waals surface area contributed by atoms with Crippen molar-refractivity contribution < 1.29 is 13.9 Å². The van der Waals surface area contributed by atoms with Crippen molar-refractivity contribution in [2.75, 3.05) is 6.61 Å². The Hall–Kier alpha value is -1.46. The van der Waals surface area contributed by atoms with Crippen LogP contribution >= 0.6 is 27.5 Å². The highest BCUT2D eigenvalue weighted by molar-refractivity contribution is 9.10. The highest BCUT2D eigenvalue weighted by Crippen LogP contribution is 2.27. The lowest BCUT2D eigenvalue weighted by Crippen LogP contribution is -2.28. The molecule has 1 N–H and O–H groups in total. The molecule has 4 nitrogen and oxygen atoms in total. The van der Waals surface area contributed by atoms with Crippen LogP contribution in [0.5, 0.6) is 5.75 Å². The molecule has 0 unspecified atom stereocenters. The molecule has 100 valence electrons. The fourth-order valence-electron chi connectivity index (χ4n) is 1.39. The van der Waals surface area contributed by atoms with Crippen molar-refractivity contribution in [3.05, 3.63) is 51.9 Å². The highest BCUT2D eigenvalue weighted by atomic mass is 79.9. The number of nitrogens with one attached hydrogen (secondary N) is 1. The van der Waals surface area contributed by atoms with Gasteiger partial charge >= 0.3 is 0 Å². The van der Waals surface area contributed by atoms with Crippen molar-refractivity contribution >= 4 is 33.4 Å². The summed E-state index contributed by atoms with van der Waals surface area (Å²) in [5.74, 6) is 0.920. The molecule has 0 fully saturated rings. The molecule has 0 saturated carbocycles. The average Bonchev–Trinajstić information content (AvgIpc) is 2.88. The fourth-order valence-corrected chi connectivity index (χ4v) is 2.11. The van der Waals surface area contributed by atoms with E-state index in [0.717, 1.165) is 4.47 Å². The number of rotatable bonds is 5. The summed E-state index contributed by atoms with van der Waals surface area (Å²) in [5.41, 5.74) is 0. The first kappa shape index (κ1) is 14.0. The van der Waals surface area contributed by atoms with Gasteiger partial charge in [-0.3, -0.25) is 4.79 Å². The van der Waals surface area contributed by atoms with E-state index in [9.17, 15) is 4.79 Å². The summed E-state index contributed by atoms with van der Waals surface area (Å²) in [6, 6.07) is 8.75. The number of carbonyl (C=O) groups excluding carboxylic acids is 1. The molecule has 0 spiro atoms. The normalized spacial score (nSPS) is 10.2. The number of halogens is 2. The quantitative estimate of drug-likeness (QED) is 0.904. The SMILES string of the molecule is O=C(COc1ccc(Br)cc1Cl)NCc1ccco1. The van der Waals surface area contributed by atoms with Gasteiger partial charge < -0.3 is 14.5 Å². The van der Waals surface area contributed by atoms with Gasteiger partial charge in [0.25, 0.3) is 5.91 Å². The van der Waals surface area contributed by atoms with E-state index >= 15 is 0 Å². The minimum absolute atomic E-state index is 0.0952. The Balaban J connectivity index is 1.80. The molecule has 6 heteroatoms. The first-order valence-corrected chi connectivity index (χ1v) is 6.69. The number of carbonyl (C=O) groups is 1. The molecule has 0 bridgehead atoms. The summed E-state index contributed by atoms with van der Waals surface area (Å²) in [7, 11) is 0. The molecule has 0 aliphatic heterocycles. The van der Waals surface area contributed by atoms with E-state index in [-0.39, 0.29) is 12.5 Å². The summed E-state index contributed by atoms with van der Waals surface area (Å²) in [6.07, 6.45) is 1.56. The Morgan fingerprint density at radius 1 is 1.42 bits per heavy atom. The predicted octanol–water partition coefficient (Wildman–Crippen LogP) is 3.39. The molecule has 0 saturated heterocycles. The van der Waals surface area contributed by atoms with Crippen LogP contribution in [0.4, 0.5) is 0 Å². The molecule has 0 atom stereocenters. The number of benzene rings is 1. The topological polar surface area (TPSA) is 51.5 Å². The minimum atomic E-state index is -0.240. The number of furan rings is 1. The van der Waals surface area contributed by atoms with Crippen molar-refractivity contribution in [2.45, 2.75) is 6.54 Å². The average molecular weight is 345 g/mol. The van der Waals surface area contributed by atoms with E-state index in [2.05, 4.69) is 21.2 Å². The van der Waals surface area contributed by atoms with Crippen molar-refractivity contribution in [1.29, 1.82) is 0 Å². The Kier molecular flexibility index (Phi) is 4.87. The van der Waals surface area contributed by atoms with Gasteiger partial charge in [-0.15, -0.1) is 0 Å². The zero-order valence-electron chi connectivity index (χ0n) is 9.86. The van der Waals surface area contributed by atoms with Gasteiger partial charge in [-0.25, -0.2) is 0 Å². The van der Waals surface area contributed by atoms with Crippen LogP contribution in [0.15, 0.2) is 45.5 Å². The molecule has 0 radical (unpaired) electrons. The zero-order chi connectivity index (χ0) is 13.7. The van der Waals surface area contributed by atoms with Crippen LogP contribution in [-0.4, -0.2) is 12.5 Å². The van der Waals surface area contributed by atoms with Crippen LogP contribution in [-0.2, 0) is 11.3 Å². The van der Waals surface area contributed by atoms with Crippen LogP contribution in [0, 0.1) is 0 Å². The summed E-state index contributed by atoms with van der Waals surface area (Å²) < 4.78 is 11.3. The van der Waals surface area contributed by atoms with Crippen LogP contribution in [0.3, 0.4) is 0 Å². The van der Waals surface area contributed by atoms with Gasteiger partial charge in [-0.2, -0.15) is 0 Å². The molecule has 1 amide bonds. The molecule has 19 heavy (non-hydrogen) atoms. The molecule has 1 heterocycles. The second-order valence-electron chi connectivity index (χ2n) is 3.72. The van der Waals surface area contributed by atoms with Crippen molar-refractivity contribution in [1.82, 2.24) is 5.32 Å². The third-order valence-electron chi connectivity index (χ3n) is 2.29. The lowest BCUT2D eigenvalue weighted by Gasteiger charge is -2.08. The van der Waals surface area contributed by atoms with Gasteiger partial charge in [0.1, 0.15) is 11.5 Å². The van der Waals surface area contributed by atoms with Crippen LogP contribution in [0.25, 0.3) is 0 Å². The van der Waals surface area contributed by atoms with E-state index in [0.29, 0.717) is 23.1 Å². The standard InChI is InChI=1S/C13H11BrClNO3/c14-9-3-4-12(11(15)6-9)19-8-13(17)16-7-10-2-1-5-18-10/h1-6H,7-8H2,(H,16,17). The Labute approximate surface area is 123 Å². The number of hydrogen-bond acceptors (Lipinski definition) is 3. The Morgan fingerprint density at radius 3 is 2.95 bits per heavy atom. The monoisotopic (exact) mass is 343 g/mol. The van der Waals surface area contributed by atoms with Crippen molar-refractivity contribution in [3.63, 3.8) is 0 Å². The van der Waals surface area contributed by atoms with Gasteiger partial charge in [0, 0.05) is 4.47 Å². The first-order valence-electron chi connectivity index (χ1n) is 5.52. The molecule has 0 aliphatic rings. The van der Waals surface area contributed by atoms with E-state index < -0.39 is 0 Å². The van der Waals surface area contributed by atoms with Crippen molar-refractivity contribution in [2.24, 2.45) is 0 Å². The van der Waals surface area contributed by atoms with Gasteiger partial charge in [0.2, 0.25) is 0 Å². The molecular formula is C13H11BrClNO3. The maximum atomic E-state index is 11.6. The van der Waals surface area contributed by atoms with E-state index in [1.54, 1.807) is 36.6 Å². The van der Waals surface area contributed by atoms with Crippen molar-refractivity contribution in [3.8, 4) is 5.75 Å². The Morgan fingerprint density at radius 2 is 2.26 bits per heavy atom. The summed E-state index contributed by atoms with van der Waals surface area (Å²) in [4.78, 5) is 11.6. The highest BCUT2D eigenvalue weighted by Gasteiger charge is 2.06. The predicted molar refractivity (Wildman–Crippen MR) is 75.2 cm³/mol. The lowest BCUT2D eigenvalue weighted by atomic mass is 10.3.